The van der Waals surface area contributed by atoms with Gasteiger partial charge in [0.15, 0.2) is 0 Å². The average Bonchev–Trinajstić information content (AvgIpc) is 2.21. The Morgan fingerprint density at radius 1 is 1.19 bits per heavy atom. The van der Waals surface area contributed by atoms with Crippen LogP contribution in [0.4, 0.5) is 0 Å². The molecule has 2 unspecified atom stereocenters. The van der Waals surface area contributed by atoms with E-state index in [1.165, 1.54) is 25.8 Å². The maximum atomic E-state index is 5.98. The lowest BCUT2D eigenvalue weighted by Gasteiger charge is -2.43. The molecular weight excluding hydrogens is 196 g/mol. The van der Waals surface area contributed by atoms with E-state index in [0.717, 1.165) is 6.54 Å². The molecule has 0 radical (unpaired) electrons. The standard InChI is InChI=1S/C14H32N2/c1-7-9-10-16(12(3)8-2)13(11-15)14(4,5)6/h12-13H,7-11,15H2,1-6H3. The van der Waals surface area contributed by atoms with E-state index in [2.05, 4.69) is 46.4 Å². The van der Waals surface area contributed by atoms with Crippen LogP contribution in [0.2, 0.25) is 0 Å². The van der Waals surface area contributed by atoms with E-state index in [-0.39, 0.29) is 5.41 Å². The lowest BCUT2D eigenvalue weighted by Crippen LogP contribution is -2.52. The summed E-state index contributed by atoms with van der Waals surface area (Å²) in [6, 6.07) is 1.13. The lowest BCUT2D eigenvalue weighted by atomic mass is 9.84. The van der Waals surface area contributed by atoms with Gasteiger partial charge < -0.3 is 5.73 Å². The van der Waals surface area contributed by atoms with E-state index in [0.29, 0.717) is 12.1 Å². The van der Waals surface area contributed by atoms with Gasteiger partial charge in [-0.05, 0) is 31.7 Å². The molecule has 0 aliphatic rings. The molecule has 0 aromatic heterocycles. The first-order valence-corrected chi connectivity index (χ1v) is 6.84. The Morgan fingerprint density at radius 2 is 1.75 bits per heavy atom. The molecule has 0 aliphatic heterocycles. The molecule has 0 fully saturated rings. The minimum Gasteiger partial charge on any atom is -0.329 e. The van der Waals surface area contributed by atoms with Crippen LogP contribution in [0.25, 0.3) is 0 Å². The molecule has 2 heteroatoms. The molecule has 0 aromatic rings. The van der Waals surface area contributed by atoms with Crippen LogP contribution in [0.15, 0.2) is 0 Å². The fraction of sp³-hybridized carbons (Fsp3) is 1.00. The number of rotatable bonds is 7. The highest BCUT2D eigenvalue weighted by atomic mass is 15.2. The van der Waals surface area contributed by atoms with E-state index < -0.39 is 0 Å². The minimum absolute atomic E-state index is 0.270. The summed E-state index contributed by atoms with van der Waals surface area (Å²) in [5, 5.41) is 0. The van der Waals surface area contributed by atoms with E-state index in [4.69, 9.17) is 5.73 Å². The highest BCUT2D eigenvalue weighted by molar-refractivity contribution is 4.86. The Kier molecular flexibility index (Phi) is 7.25. The van der Waals surface area contributed by atoms with Gasteiger partial charge in [-0.2, -0.15) is 0 Å². The third-order valence-corrected chi connectivity index (χ3v) is 3.55. The number of hydrogen-bond donors (Lipinski definition) is 1. The first kappa shape index (κ1) is 15.9. The predicted molar refractivity (Wildman–Crippen MR) is 73.7 cm³/mol. The van der Waals surface area contributed by atoms with Crippen LogP contribution in [-0.4, -0.2) is 30.1 Å². The molecule has 98 valence electrons. The first-order chi connectivity index (χ1) is 7.38. The summed E-state index contributed by atoms with van der Waals surface area (Å²) in [4.78, 5) is 2.61. The first-order valence-electron chi connectivity index (χ1n) is 6.84. The van der Waals surface area contributed by atoms with Crippen molar-refractivity contribution in [1.29, 1.82) is 0 Å². The number of nitrogens with two attached hydrogens (primary N) is 1. The second kappa shape index (κ2) is 7.29. The summed E-state index contributed by atoms with van der Waals surface area (Å²) in [5.74, 6) is 0. The summed E-state index contributed by atoms with van der Waals surface area (Å²) in [6.45, 7) is 15.7. The molecule has 2 N–H and O–H groups in total. The van der Waals surface area contributed by atoms with Crippen LogP contribution in [0, 0.1) is 5.41 Å². The van der Waals surface area contributed by atoms with Gasteiger partial charge in [-0.15, -0.1) is 0 Å². The zero-order valence-corrected chi connectivity index (χ0v) is 12.2. The molecule has 16 heavy (non-hydrogen) atoms. The van der Waals surface area contributed by atoms with Crippen molar-refractivity contribution in [2.75, 3.05) is 13.1 Å². The number of unbranched alkanes of at least 4 members (excludes halogenated alkanes) is 1. The van der Waals surface area contributed by atoms with Crippen LogP contribution in [-0.2, 0) is 0 Å². The lowest BCUT2D eigenvalue weighted by molar-refractivity contribution is 0.0663. The van der Waals surface area contributed by atoms with Crippen molar-refractivity contribution in [3.05, 3.63) is 0 Å². The van der Waals surface area contributed by atoms with Crippen molar-refractivity contribution >= 4 is 0 Å². The van der Waals surface area contributed by atoms with Gasteiger partial charge in [0.05, 0.1) is 0 Å². The van der Waals surface area contributed by atoms with E-state index in [1.807, 2.05) is 0 Å². The Balaban J connectivity index is 4.69. The molecule has 2 nitrogen and oxygen atoms in total. The summed E-state index contributed by atoms with van der Waals surface area (Å²) >= 11 is 0. The SMILES string of the molecule is CCCCN(C(C)CC)C(CN)C(C)(C)C. The van der Waals surface area contributed by atoms with Gasteiger partial charge in [-0.1, -0.05) is 41.0 Å². The monoisotopic (exact) mass is 228 g/mol. The zero-order valence-electron chi connectivity index (χ0n) is 12.2. The van der Waals surface area contributed by atoms with Crippen molar-refractivity contribution in [2.45, 2.75) is 72.9 Å². The fourth-order valence-electron chi connectivity index (χ4n) is 2.25. The van der Waals surface area contributed by atoms with Crippen molar-refractivity contribution in [3.63, 3.8) is 0 Å². The quantitative estimate of drug-likeness (QED) is 0.724. The molecule has 0 saturated heterocycles. The van der Waals surface area contributed by atoms with Gasteiger partial charge in [0.25, 0.3) is 0 Å². The van der Waals surface area contributed by atoms with Crippen molar-refractivity contribution in [2.24, 2.45) is 11.1 Å². The summed E-state index contributed by atoms with van der Waals surface area (Å²) in [5.41, 5.74) is 6.25. The van der Waals surface area contributed by atoms with Crippen molar-refractivity contribution in [1.82, 2.24) is 4.90 Å². The van der Waals surface area contributed by atoms with Crippen LogP contribution in [0.3, 0.4) is 0 Å². The molecule has 0 aliphatic carbocycles. The molecule has 0 heterocycles. The molecule has 0 aromatic carbocycles. The van der Waals surface area contributed by atoms with Gasteiger partial charge in [0, 0.05) is 18.6 Å². The maximum absolute atomic E-state index is 5.98. The van der Waals surface area contributed by atoms with Crippen LogP contribution < -0.4 is 5.73 Å². The molecular formula is C14H32N2. The van der Waals surface area contributed by atoms with E-state index in [1.54, 1.807) is 0 Å². The van der Waals surface area contributed by atoms with Gasteiger partial charge in [0.2, 0.25) is 0 Å². The largest absolute Gasteiger partial charge is 0.329 e. The topological polar surface area (TPSA) is 29.3 Å². The molecule has 0 spiro atoms. The third-order valence-electron chi connectivity index (χ3n) is 3.55. The molecule has 0 bridgehead atoms. The summed E-state index contributed by atoms with van der Waals surface area (Å²) in [6.07, 6.45) is 3.74. The summed E-state index contributed by atoms with van der Waals surface area (Å²) in [7, 11) is 0. The highest BCUT2D eigenvalue weighted by Gasteiger charge is 2.30. The van der Waals surface area contributed by atoms with E-state index >= 15 is 0 Å². The van der Waals surface area contributed by atoms with Crippen molar-refractivity contribution < 1.29 is 0 Å². The van der Waals surface area contributed by atoms with Crippen LogP contribution >= 0.6 is 0 Å². The minimum atomic E-state index is 0.270. The van der Waals surface area contributed by atoms with Gasteiger partial charge >= 0.3 is 0 Å². The van der Waals surface area contributed by atoms with Gasteiger partial charge in [-0.3, -0.25) is 4.90 Å². The zero-order chi connectivity index (χ0) is 12.8. The van der Waals surface area contributed by atoms with Gasteiger partial charge in [0.1, 0.15) is 0 Å². The Hall–Kier alpha value is -0.0800. The Morgan fingerprint density at radius 3 is 2.06 bits per heavy atom. The smallest absolute Gasteiger partial charge is 0.0269 e. The second-order valence-corrected chi connectivity index (χ2v) is 5.97. The molecule has 2 atom stereocenters. The number of nitrogens with zero attached hydrogens (tertiary/aromatic N) is 1. The van der Waals surface area contributed by atoms with Crippen LogP contribution in [0.5, 0.6) is 0 Å². The second-order valence-electron chi connectivity index (χ2n) is 5.97. The highest BCUT2D eigenvalue weighted by Crippen LogP contribution is 2.26. The Bertz CT molecular complexity index is 172. The average molecular weight is 228 g/mol. The number of hydrogen-bond acceptors (Lipinski definition) is 2. The van der Waals surface area contributed by atoms with E-state index in [9.17, 15) is 0 Å². The normalized spacial score (nSPS) is 16.5. The fourth-order valence-corrected chi connectivity index (χ4v) is 2.25. The van der Waals surface area contributed by atoms with Crippen LogP contribution in [0.1, 0.15) is 60.8 Å². The maximum Gasteiger partial charge on any atom is 0.0269 e. The molecule has 0 amide bonds. The molecule has 0 rings (SSSR count). The molecule has 0 saturated carbocycles. The summed E-state index contributed by atoms with van der Waals surface area (Å²) < 4.78 is 0. The van der Waals surface area contributed by atoms with Gasteiger partial charge in [-0.25, -0.2) is 0 Å². The Labute approximate surface area is 103 Å². The third kappa shape index (κ3) is 4.84. The predicted octanol–water partition coefficient (Wildman–Crippen LogP) is 3.26. The van der Waals surface area contributed by atoms with Crippen molar-refractivity contribution in [3.8, 4) is 0 Å².